The van der Waals surface area contributed by atoms with Gasteiger partial charge in [-0.15, -0.1) is 5.73 Å². The Labute approximate surface area is 85.6 Å². The van der Waals surface area contributed by atoms with Crippen LogP contribution < -0.4 is 5.73 Å². The van der Waals surface area contributed by atoms with Crippen LogP contribution in [-0.4, -0.2) is 19.1 Å². The maximum atomic E-state index is 11.1. The van der Waals surface area contributed by atoms with E-state index in [1.165, 1.54) is 7.11 Å². The normalized spacial score (nSPS) is 11.6. The average Bonchev–Trinajstić information content (AvgIpc) is 2.21. The first-order valence-electron chi connectivity index (χ1n) is 4.88. The van der Waals surface area contributed by atoms with Crippen LogP contribution in [0.4, 0.5) is 0 Å². The van der Waals surface area contributed by atoms with E-state index in [0.717, 1.165) is 19.3 Å². The second kappa shape index (κ2) is 7.36. The van der Waals surface area contributed by atoms with Crippen molar-refractivity contribution < 1.29 is 9.53 Å². The fourth-order valence-corrected chi connectivity index (χ4v) is 1.18. The molecule has 1 unspecified atom stereocenters. The molecule has 0 bridgehead atoms. The molecule has 0 aliphatic rings. The van der Waals surface area contributed by atoms with E-state index < -0.39 is 0 Å². The standard InChI is InChI=1S/C11H19NO2/c1-4-6-7-10(12)8-9(5-2)11(13)14-3/h10H,2,4,6-8,12H2,1,3H3. The van der Waals surface area contributed by atoms with Gasteiger partial charge in [-0.1, -0.05) is 26.3 Å². The zero-order chi connectivity index (χ0) is 11.0. The minimum atomic E-state index is -0.382. The van der Waals surface area contributed by atoms with Gasteiger partial charge in [0.15, 0.2) is 0 Å². The van der Waals surface area contributed by atoms with E-state index in [1.807, 2.05) is 0 Å². The number of hydrogen-bond acceptors (Lipinski definition) is 3. The van der Waals surface area contributed by atoms with E-state index in [-0.39, 0.29) is 12.0 Å². The van der Waals surface area contributed by atoms with Crippen LogP contribution in [0.25, 0.3) is 0 Å². The van der Waals surface area contributed by atoms with Crippen LogP contribution in [0.5, 0.6) is 0 Å². The van der Waals surface area contributed by atoms with Gasteiger partial charge in [0.1, 0.15) is 0 Å². The third kappa shape index (κ3) is 4.85. The van der Waals surface area contributed by atoms with Crippen LogP contribution in [0.3, 0.4) is 0 Å². The second-order valence-electron chi connectivity index (χ2n) is 3.25. The molecule has 14 heavy (non-hydrogen) atoms. The van der Waals surface area contributed by atoms with Gasteiger partial charge in [-0.25, -0.2) is 4.79 Å². The van der Waals surface area contributed by atoms with Gasteiger partial charge in [0, 0.05) is 12.5 Å². The molecule has 0 saturated heterocycles. The lowest BCUT2D eigenvalue weighted by Gasteiger charge is -2.10. The van der Waals surface area contributed by atoms with Gasteiger partial charge in [0.2, 0.25) is 0 Å². The van der Waals surface area contributed by atoms with Crippen molar-refractivity contribution >= 4 is 5.97 Å². The molecule has 0 aliphatic heterocycles. The Morgan fingerprint density at radius 3 is 2.71 bits per heavy atom. The molecule has 0 amide bonds. The van der Waals surface area contributed by atoms with Gasteiger partial charge in [0.25, 0.3) is 0 Å². The molecule has 1 atom stereocenters. The van der Waals surface area contributed by atoms with Crippen molar-refractivity contribution in [2.75, 3.05) is 7.11 Å². The Bertz CT molecular complexity index is 229. The summed E-state index contributed by atoms with van der Waals surface area (Å²) in [6.45, 7) is 5.55. The third-order valence-electron chi connectivity index (χ3n) is 2.04. The number of nitrogens with two attached hydrogens (primary N) is 1. The summed E-state index contributed by atoms with van der Waals surface area (Å²) >= 11 is 0. The predicted octanol–water partition coefficient (Wildman–Crippen LogP) is 1.78. The van der Waals surface area contributed by atoms with Crippen LogP contribution in [-0.2, 0) is 9.53 Å². The van der Waals surface area contributed by atoms with Gasteiger partial charge in [0.05, 0.1) is 12.7 Å². The van der Waals surface area contributed by atoms with Crippen LogP contribution >= 0.6 is 0 Å². The Balaban J connectivity index is 4.07. The number of hydrogen-bond donors (Lipinski definition) is 1. The summed E-state index contributed by atoms with van der Waals surface area (Å²) in [4.78, 5) is 11.1. The van der Waals surface area contributed by atoms with E-state index in [0.29, 0.717) is 12.0 Å². The van der Waals surface area contributed by atoms with Crippen molar-refractivity contribution in [3.8, 4) is 0 Å². The summed E-state index contributed by atoms with van der Waals surface area (Å²) in [6, 6.07) is -0.00157. The Hall–Kier alpha value is -1.05. The molecule has 0 aliphatic carbocycles. The zero-order valence-corrected chi connectivity index (χ0v) is 9.01. The lowest BCUT2D eigenvalue weighted by Crippen LogP contribution is -2.22. The topological polar surface area (TPSA) is 52.3 Å². The molecule has 0 saturated carbocycles. The minimum Gasteiger partial charge on any atom is -0.465 e. The molecule has 0 spiro atoms. The molecule has 0 aromatic carbocycles. The molecule has 0 rings (SSSR count). The fraction of sp³-hybridized carbons (Fsp3) is 0.636. The fourth-order valence-electron chi connectivity index (χ4n) is 1.18. The Kier molecular flexibility index (Phi) is 6.81. The third-order valence-corrected chi connectivity index (χ3v) is 2.04. The molecule has 0 heterocycles. The molecule has 3 heteroatoms. The maximum absolute atomic E-state index is 11.1. The van der Waals surface area contributed by atoms with Crippen molar-refractivity contribution in [3.05, 3.63) is 17.9 Å². The molecule has 0 radical (unpaired) electrons. The smallest absolute Gasteiger partial charge is 0.341 e. The molecular weight excluding hydrogens is 178 g/mol. The van der Waals surface area contributed by atoms with Crippen molar-refractivity contribution in [1.82, 2.24) is 0 Å². The molecule has 0 fully saturated rings. The number of carbonyl (C=O) groups excluding carboxylic acids is 1. The average molecular weight is 197 g/mol. The molecule has 0 aromatic rings. The minimum absolute atomic E-state index is 0.00157. The van der Waals surface area contributed by atoms with Gasteiger partial charge < -0.3 is 10.5 Å². The quantitative estimate of drug-likeness (QED) is 0.401. The highest BCUT2D eigenvalue weighted by Gasteiger charge is 2.12. The summed E-state index contributed by atoms with van der Waals surface area (Å²) in [7, 11) is 1.34. The van der Waals surface area contributed by atoms with Gasteiger partial charge in [-0.05, 0) is 6.42 Å². The second-order valence-corrected chi connectivity index (χ2v) is 3.25. The molecule has 0 aromatic heterocycles. The van der Waals surface area contributed by atoms with Gasteiger partial charge in [-0.2, -0.15) is 0 Å². The SMILES string of the molecule is C=C=C(CC(N)CCCC)C(=O)OC. The van der Waals surface area contributed by atoms with Crippen LogP contribution in [0.1, 0.15) is 32.6 Å². The lowest BCUT2D eigenvalue weighted by atomic mass is 10.0. The lowest BCUT2D eigenvalue weighted by molar-refractivity contribution is -0.136. The molecule has 3 nitrogen and oxygen atoms in total. The Morgan fingerprint density at radius 1 is 1.64 bits per heavy atom. The summed E-state index contributed by atoms with van der Waals surface area (Å²) < 4.78 is 4.57. The summed E-state index contributed by atoms with van der Waals surface area (Å²) in [5, 5.41) is 0. The van der Waals surface area contributed by atoms with E-state index in [9.17, 15) is 4.79 Å². The highest BCUT2D eigenvalue weighted by Crippen LogP contribution is 2.09. The van der Waals surface area contributed by atoms with Gasteiger partial charge >= 0.3 is 5.97 Å². The van der Waals surface area contributed by atoms with Crippen LogP contribution in [0, 0.1) is 0 Å². The number of unbranched alkanes of at least 4 members (excludes halogenated alkanes) is 1. The Morgan fingerprint density at radius 2 is 2.29 bits per heavy atom. The number of carbonyl (C=O) groups is 1. The van der Waals surface area contributed by atoms with Crippen molar-refractivity contribution in [3.63, 3.8) is 0 Å². The molecular formula is C11H19NO2. The summed E-state index contributed by atoms with van der Waals surface area (Å²) in [5.41, 5.74) is 8.85. The summed E-state index contributed by atoms with van der Waals surface area (Å²) in [5.74, 6) is -0.382. The van der Waals surface area contributed by atoms with E-state index in [2.05, 4.69) is 24.0 Å². The first-order chi connectivity index (χ1) is 6.65. The van der Waals surface area contributed by atoms with Crippen molar-refractivity contribution in [2.45, 2.75) is 38.6 Å². The largest absolute Gasteiger partial charge is 0.465 e. The van der Waals surface area contributed by atoms with E-state index >= 15 is 0 Å². The zero-order valence-electron chi connectivity index (χ0n) is 9.01. The van der Waals surface area contributed by atoms with E-state index in [1.54, 1.807) is 0 Å². The number of methoxy groups -OCH3 is 1. The first kappa shape index (κ1) is 12.9. The molecule has 80 valence electrons. The monoisotopic (exact) mass is 197 g/mol. The van der Waals surface area contributed by atoms with E-state index in [4.69, 9.17) is 5.73 Å². The predicted molar refractivity (Wildman–Crippen MR) is 56.8 cm³/mol. The van der Waals surface area contributed by atoms with Crippen LogP contribution in [0.15, 0.2) is 17.9 Å². The number of rotatable bonds is 6. The maximum Gasteiger partial charge on any atom is 0.341 e. The number of esters is 1. The van der Waals surface area contributed by atoms with Crippen molar-refractivity contribution in [1.29, 1.82) is 0 Å². The summed E-state index contributed by atoms with van der Waals surface area (Å²) in [6.07, 6.45) is 3.60. The van der Waals surface area contributed by atoms with Crippen molar-refractivity contribution in [2.24, 2.45) is 5.73 Å². The van der Waals surface area contributed by atoms with Gasteiger partial charge in [-0.3, -0.25) is 0 Å². The first-order valence-corrected chi connectivity index (χ1v) is 4.88. The molecule has 2 N–H and O–H groups in total. The highest BCUT2D eigenvalue weighted by atomic mass is 16.5. The highest BCUT2D eigenvalue weighted by molar-refractivity contribution is 5.88. The number of ether oxygens (including phenoxy) is 1. The van der Waals surface area contributed by atoms with Crippen LogP contribution in [0.2, 0.25) is 0 Å².